The number of aromatic nitrogens is 2. The second kappa shape index (κ2) is 9.15. The summed E-state index contributed by atoms with van der Waals surface area (Å²) < 4.78 is 2.20. The zero-order valence-electron chi connectivity index (χ0n) is 17.4. The van der Waals surface area contributed by atoms with Crippen LogP contribution in [0.15, 0.2) is 122 Å². The summed E-state index contributed by atoms with van der Waals surface area (Å²) in [6.07, 6.45) is 12.2. The Balaban J connectivity index is 1.56. The van der Waals surface area contributed by atoms with Gasteiger partial charge in [0.05, 0.1) is 0 Å². The molecule has 0 atom stereocenters. The molecule has 0 saturated heterocycles. The summed E-state index contributed by atoms with van der Waals surface area (Å²) in [6.45, 7) is 0. The van der Waals surface area contributed by atoms with E-state index in [2.05, 4.69) is 129 Å². The molecule has 0 aliphatic heterocycles. The van der Waals surface area contributed by atoms with Gasteiger partial charge in [-0.15, -0.1) is 0 Å². The van der Waals surface area contributed by atoms with Crippen molar-refractivity contribution >= 4 is 36.8 Å². The first-order valence-corrected chi connectivity index (χ1v) is 14.5. The van der Waals surface area contributed by atoms with Crippen LogP contribution in [0.4, 0.5) is 0 Å². The number of allylic oxidation sites excluding steroid dienone is 4. The quantitative estimate of drug-likeness (QED) is 0.234. The molecule has 3 aromatic carbocycles. The van der Waals surface area contributed by atoms with Gasteiger partial charge in [-0.2, -0.15) is 0 Å². The van der Waals surface area contributed by atoms with Gasteiger partial charge < -0.3 is 0 Å². The molecular weight excluding hydrogens is 474 g/mol. The van der Waals surface area contributed by atoms with Gasteiger partial charge in [-0.1, -0.05) is 0 Å². The topological polar surface area (TPSA) is 17.8 Å². The molecule has 0 N–H and O–H groups in total. The van der Waals surface area contributed by atoms with Crippen LogP contribution in [0, 0.1) is 17.8 Å². The second-order valence-electron chi connectivity index (χ2n) is 7.49. The van der Waals surface area contributed by atoms with E-state index in [1.54, 1.807) is 0 Å². The Kier molecular flexibility index (Phi) is 5.93. The summed E-state index contributed by atoms with van der Waals surface area (Å²) in [7, 11) is 0. The zero-order valence-corrected chi connectivity index (χ0v) is 20.0. The molecule has 1 heterocycles. The van der Waals surface area contributed by atoms with Crippen molar-refractivity contribution < 1.29 is 0 Å². The van der Waals surface area contributed by atoms with Crippen molar-refractivity contribution in [2.24, 2.45) is 5.92 Å². The van der Waals surface area contributed by atoms with Crippen molar-refractivity contribution in [1.82, 2.24) is 9.55 Å². The number of rotatable bonds is 4. The number of hydrogen-bond acceptors (Lipinski definition) is 1. The summed E-state index contributed by atoms with van der Waals surface area (Å²) >= 11 is 3.59. The van der Waals surface area contributed by atoms with Gasteiger partial charge in [-0.05, 0) is 0 Å². The van der Waals surface area contributed by atoms with E-state index < -0.39 is 5.51 Å². The molecule has 0 spiro atoms. The Bertz CT molecular complexity index is 1330. The first-order chi connectivity index (χ1) is 15.7. The molecule has 32 heavy (non-hydrogen) atoms. The molecule has 0 radical (unpaired) electrons. The molecule has 154 valence electrons. The number of hydrogen-bond donors (Lipinski definition) is 0. The maximum absolute atomic E-state index is 4.87. The molecule has 1 aliphatic rings. The average molecular weight is 495 g/mol. The van der Waals surface area contributed by atoms with Crippen molar-refractivity contribution in [2.75, 3.05) is 0 Å². The summed E-state index contributed by atoms with van der Waals surface area (Å²) in [5, 5.41) is 2.53. The number of imidazole rings is 1. The van der Waals surface area contributed by atoms with Gasteiger partial charge in [0, 0.05) is 0 Å². The van der Waals surface area contributed by atoms with E-state index in [0.717, 1.165) is 16.8 Å². The van der Waals surface area contributed by atoms with Crippen LogP contribution >= 0.6 is 5.51 Å². The predicted molar refractivity (Wildman–Crippen MR) is 137 cm³/mol. The SMILES string of the molecule is [Se]=P(c1ccccc1)(c1ccccc1)c1nccn1-c1ccc(C#CC2C=CC=C2)cc1. The summed E-state index contributed by atoms with van der Waals surface area (Å²) in [5.41, 5.74) is 1.09. The minimum absolute atomic E-state index is 0.215. The van der Waals surface area contributed by atoms with E-state index in [0.29, 0.717) is 0 Å². The van der Waals surface area contributed by atoms with Crippen LogP contribution in [0.2, 0.25) is 0 Å². The third kappa shape index (κ3) is 4.02. The maximum atomic E-state index is 4.87. The third-order valence-corrected chi connectivity index (χ3v) is 12.0. The van der Waals surface area contributed by atoms with Crippen LogP contribution in [0.3, 0.4) is 0 Å². The molecule has 4 aromatic rings. The number of benzene rings is 3. The van der Waals surface area contributed by atoms with Gasteiger partial charge in [0.2, 0.25) is 0 Å². The molecule has 0 bridgehead atoms. The molecule has 0 fully saturated rings. The Morgan fingerprint density at radius 1 is 0.781 bits per heavy atom. The van der Waals surface area contributed by atoms with Crippen LogP contribution in [0.5, 0.6) is 0 Å². The molecule has 0 unspecified atom stereocenters. The van der Waals surface area contributed by atoms with Gasteiger partial charge in [-0.3, -0.25) is 0 Å². The van der Waals surface area contributed by atoms with Crippen LogP contribution in [-0.4, -0.2) is 24.6 Å². The van der Waals surface area contributed by atoms with E-state index in [1.807, 2.05) is 24.5 Å². The monoisotopic (exact) mass is 496 g/mol. The predicted octanol–water partition coefficient (Wildman–Crippen LogP) is 4.34. The molecular formula is C28H21N2PSe. The van der Waals surface area contributed by atoms with E-state index in [-0.39, 0.29) is 5.92 Å². The summed E-state index contributed by atoms with van der Waals surface area (Å²) in [4.78, 5) is 4.87. The van der Waals surface area contributed by atoms with Crippen molar-refractivity contribution in [3.63, 3.8) is 0 Å². The molecule has 0 amide bonds. The van der Waals surface area contributed by atoms with E-state index in [9.17, 15) is 0 Å². The van der Waals surface area contributed by atoms with Gasteiger partial charge in [0.25, 0.3) is 0 Å². The molecule has 4 heteroatoms. The Morgan fingerprint density at radius 3 is 1.97 bits per heavy atom. The normalized spacial score (nSPS) is 13.1. The van der Waals surface area contributed by atoms with E-state index in [4.69, 9.17) is 4.98 Å². The standard InChI is InChI=1S/C28H21N2PSe/c32-31(26-11-3-1-4-12-26,27-13-5-2-6-14-27)28-29-21-22-30(28)25-19-17-24(18-20-25)16-15-23-9-7-8-10-23/h1-14,17-23H. The third-order valence-electron chi connectivity index (χ3n) is 5.42. The van der Waals surface area contributed by atoms with Gasteiger partial charge in [-0.25, -0.2) is 0 Å². The van der Waals surface area contributed by atoms with E-state index in [1.165, 1.54) is 10.6 Å². The number of nitrogens with zero attached hydrogens (tertiary/aromatic N) is 2. The first kappa shape index (κ1) is 20.7. The molecule has 1 aliphatic carbocycles. The molecule has 1 aromatic heterocycles. The Labute approximate surface area is 196 Å². The van der Waals surface area contributed by atoms with E-state index >= 15 is 0 Å². The van der Waals surface area contributed by atoms with Crippen molar-refractivity contribution in [3.8, 4) is 17.5 Å². The molecule has 5 rings (SSSR count). The Morgan fingerprint density at radius 2 is 1.38 bits per heavy atom. The first-order valence-electron chi connectivity index (χ1n) is 10.5. The van der Waals surface area contributed by atoms with Gasteiger partial charge in [0.1, 0.15) is 0 Å². The Hall–Kier alpha value is -3.14. The van der Waals surface area contributed by atoms with Crippen LogP contribution in [-0.2, 0) is 0 Å². The zero-order chi connectivity index (χ0) is 21.8. The van der Waals surface area contributed by atoms with Crippen LogP contribution < -0.4 is 16.2 Å². The summed E-state index contributed by atoms with van der Waals surface area (Å²) in [5.74, 6) is 6.78. The van der Waals surface area contributed by atoms with Gasteiger partial charge in [0.15, 0.2) is 0 Å². The van der Waals surface area contributed by atoms with Crippen LogP contribution in [0.1, 0.15) is 5.56 Å². The average Bonchev–Trinajstić information content (AvgIpc) is 3.56. The van der Waals surface area contributed by atoms with Crippen molar-refractivity contribution in [1.29, 1.82) is 0 Å². The second-order valence-corrected chi connectivity index (χ2v) is 13.6. The fourth-order valence-electron chi connectivity index (χ4n) is 3.79. The van der Waals surface area contributed by atoms with Crippen molar-refractivity contribution in [2.45, 2.75) is 0 Å². The van der Waals surface area contributed by atoms with Crippen LogP contribution in [0.25, 0.3) is 5.69 Å². The molecule has 0 saturated carbocycles. The fraction of sp³-hybridized carbons (Fsp3) is 0.0357. The minimum atomic E-state index is -2.04. The van der Waals surface area contributed by atoms with Gasteiger partial charge >= 0.3 is 197 Å². The molecule has 2 nitrogen and oxygen atoms in total. The van der Waals surface area contributed by atoms with Crippen molar-refractivity contribution in [3.05, 3.63) is 127 Å². The fourth-order valence-corrected chi connectivity index (χ4v) is 8.83. The summed E-state index contributed by atoms with van der Waals surface area (Å²) in [6, 6.07) is 29.7.